The summed E-state index contributed by atoms with van der Waals surface area (Å²) in [6.45, 7) is 3.92. The van der Waals surface area contributed by atoms with Gasteiger partial charge in [0.1, 0.15) is 0 Å². The number of aryl methyl sites for hydroxylation is 2. The summed E-state index contributed by atoms with van der Waals surface area (Å²) in [6, 6.07) is 9.32. The molecular weight excluding hydrogens is 278 g/mol. The first-order chi connectivity index (χ1) is 10.5. The molecule has 0 aliphatic rings. The van der Waals surface area contributed by atoms with Crippen LogP contribution < -0.4 is 10.9 Å². The molecule has 3 N–H and O–H groups in total. The molecule has 3 aromatic rings. The summed E-state index contributed by atoms with van der Waals surface area (Å²) in [5.74, 6) is -0.198. The molecule has 0 fully saturated rings. The molecule has 0 bridgehead atoms. The third-order valence-corrected chi connectivity index (χ3v) is 3.74. The molecule has 0 aliphatic heterocycles. The first-order valence-corrected chi connectivity index (χ1v) is 7.09. The normalized spacial score (nSPS) is 10.8. The molecule has 112 valence electrons. The van der Waals surface area contributed by atoms with Gasteiger partial charge in [-0.2, -0.15) is 0 Å². The Labute approximate surface area is 127 Å². The number of aromatic amines is 2. The van der Waals surface area contributed by atoms with Gasteiger partial charge in [-0.05, 0) is 49.1 Å². The standard InChI is InChI=1S/C17H17N3O2/c1-10-7-11(2)20-17(22)14(10)9-19-16(21)13-4-3-12-5-6-18-15(12)8-13/h3-8,18H,9H2,1-2H3,(H,19,21)(H,20,22). The van der Waals surface area contributed by atoms with Crippen LogP contribution in [0.25, 0.3) is 10.9 Å². The Morgan fingerprint density at radius 1 is 1.18 bits per heavy atom. The van der Waals surface area contributed by atoms with Gasteiger partial charge in [0.25, 0.3) is 11.5 Å². The van der Waals surface area contributed by atoms with E-state index in [9.17, 15) is 9.59 Å². The van der Waals surface area contributed by atoms with Crippen molar-refractivity contribution in [3.63, 3.8) is 0 Å². The summed E-state index contributed by atoms with van der Waals surface area (Å²) in [4.78, 5) is 30.0. The fourth-order valence-corrected chi connectivity index (χ4v) is 2.56. The highest BCUT2D eigenvalue weighted by molar-refractivity contribution is 5.97. The van der Waals surface area contributed by atoms with Gasteiger partial charge in [-0.3, -0.25) is 9.59 Å². The number of rotatable bonds is 3. The summed E-state index contributed by atoms with van der Waals surface area (Å²) in [5.41, 5.74) is 3.60. The van der Waals surface area contributed by atoms with E-state index in [1.165, 1.54) is 0 Å². The van der Waals surface area contributed by atoms with Crippen LogP contribution in [-0.2, 0) is 6.54 Å². The molecule has 1 aromatic carbocycles. The minimum Gasteiger partial charge on any atom is -0.361 e. The van der Waals surface area contributed by atoms with Crippen LogP contribution in [0.1, 0.15) is 27.2 Å². The first kappa shape index (κ1) is 14.1. The predicted molar refractivity (Wildman–Crippen MR) is 86.0 cm³/mol. The Kier molecular flexibility index (Phi) is 3.55. The predicted octanol–water partition coefficient (Wildman–Crippen LogP) is 2.40. The fraction of sp³-hybridized carbons (Fsp3) is 0.176. The molecule has 2 heterocycles. The van der Waals surface area contributed by atoms with Crippen molar-refractivity contribution >= 4 is 16.8 Å². The second-order valence-electron chi connectivity index (χ2n) is 5.41. The number of nitrogens with one attached hydrogen (secondary N) is 3. The third kappa shape index (κ3) is 2.65. The Morgan fingerprint density at radius 3 is 2.77 bits per heavy atom. The second kappa shape index (κ2) is 5.52. The van der Waals surface area contributed by atoms with Gasteiger partial charge in [0.2, 0.25) is 0 Å². The van der Waals surface area contributed by atoms with Crippen LogP contribution in [0.15, 0.2) is 41.3 Å². The van der Waals surface area contributed by atoms with E-state index >= 15 is 0 Å². The number of aromatic nitrogens is 2. The Balaban J connectivity index is 1.79. The lowest BCUT2D eigenvalue weighted by atomic mass is 10.1. The molecule has 5 heteroatoms. The van der Waals surface area contributed by atoms with Gasteiger partial charge in [-0.25, -0.2) is 0 Å². The molecule has 3 rings (SSSR count). The molecule has 0 radical (unpaired) electrons. The average Bonchev–Trinajstić information content (AvgIpc) is 2.93. The minimum atomic E-state index is -0.198. The van der Waals surface area contributed by atoms with Gasteiger partial charge >= 0.3 is 0 Å². The number of pyridine rings is 1. The number of amides is 1. The highest BCUT2D eigenvalue weighted by atomic mass is 16.1. The van der Waals surface area contributed by atoms with E-state index in [0.717, 1.165) is 22.2 Å². The summed E-state index contributed by atoms with van der Waals surface area (Å²) < 4.78 is 0. The zero-order valence-electron chi connectivity index (χ0n) is 12.5. The molecule has 1 amide bonds. The van der Waals surface area contributed by atoms with E-state index in [2.05, 4.69) is 15.3 Å². The van der Waals surface area contributed by atoms with Crippen molar-refractivity contribution in [1.29, 1.82) is 0 Å². The number of hydrogen-bond acceptors (Lipinski definition) is 2. The molecule has 0 spiro atoms. The molecule has 22 heavy (non-hydrogen) atoms. The van der Waals surface area contributed by atoms with E-state index in [-0.39, 0.29) is 18.0 Å². The smallest absolute Gasteiger partial charge is 0.253 e. The molecular formula is C17H17N3O2. The third-order valence-electron chi connectivity index (χ3n) is 3.74. The minimum absolute atomic E-state index is 0.155. The molecule has 0 saturated heterocycles. The molecule has 0 saturated carbocycles. The van der Waals surface area contributed by atoms with Crippen LogP contribution in [0.4, 0.5) is 0 Å². The van der Waals surface area contributed by atoms with Gasteiger partial charge in [0.05, 0.1) is 0 Å². The molecule has 0 atom stereocenters. The number of hydrogen-bond donors (Lipinski definition) is 3. The van der Waals surface area contributed by atoms with E-state index in [0.29, 0.717) is 11.1 Å². The average molecular weight is 295 g/mol. The summed E-state index contributed by atoms with van der Waals surface area (Å²) >= 11 is 0. The zero-order chi connectivity index (χ0) is 15.7. The van der Waals surface area contributed by atoms with Crippen LogP contribution in [0, 0.1) is 13.8 Å². The first-order valence-electron chi connectivity index (χ1n) is 7.09. The lowest BCUT2D eigenvalue weighted by Crippen LogP contribution is -2.27. The number of carbonyl (C=O) groups excluding carboxylic acids is 1. The van der Waals surface area contributed by atoms with Crippen LogP contribution in [0.5, 0.6) is 0 Å². The van der Waals surface area contributed by atoms with Crippen molar-refractivity contribution < 1.29 is 4.79 Å². The molecule has 2 aromatic heterocycles. The van der Waals surface area contributed by atoms with Crippen LogP contribution in [0.3, 0.4) is 0 Å². The monoisotopic (exact) mass is 295 g/mol. The number of benzene rings is 1. The number of fused-ring (bicyclic) bond motifs is 1. The van der Waals surface area contributed by atoms with Crippen molar-refractivity contribution in [3.8, 4) is 0 Å². The van der Waals surface area contributed by atoms with Gasteiger partial charge in [-0.15, -0.1) is 0 Å². The Hall–Kier alpha value is -2.82. The molecule has 5 nitrogen and oxygen atoms in total. The lowest BCUT2D eigenvalue weighted by molar-refractivity contribution is 0.0951. The zero-order valence-corrected chi connectivity index (χ0v) is 12.5. The summed E-state index contributed by atoms with van der Waals surface area (Å²) in [7, 11) is 0. The maximum atomic E-state index is 12.2. The fourth-order valence-electron chi connectivity index (χ4n) is 2.56. The second-order valence-corrected chi connectivity index (χ2v) is 5.41. The highest BCUT2D eigenvalue weighted by Gasteiger charge is 2.10. The molecule has 0 aliphatic carbocycles. The van der Waals surface area contributed by atoms with Crippen molar-refractivity contribution in [3.05, 3.63) is 69.3 Å². The van der Waals surface area contributed by atoms with E-state index in [1.54, 1.807) is 12.1 Å². The molecule has 0 unspecified atom stereocenters. The van der Waals surface area contributed by atoms with E-state index < -0.39 is 0 Å². The van der Waals surface area contributed by atoms with E-state index in [4.69, 9.17) is 0 Å². The van der Waals surface area contributed by atoms with Crippen molar-refractivity contribution in [2.45, 2.75) is 20.4 Å². The van der Waals surface area contributed by atoms with Crippen LogP contribution in [-0.4, -0.2) is 15.9 Å². The Morgan fingerprint density at radius 2 is 2.00 bits per heavy atom. The summed E-state index contributed by atoms with van der Waals surface area (Å²) in [6.07, 6.45) is 1.83. The SMILES string of the molecule is Cc1cc(C)c(CNC(=O)c2ccc3cc[nH]c3c2)c(=O)[nH]1. The van der Waals surface area contributed by atoms with Crippen molar-refractivity contribution in [1.82, 2.24) is 15.3 Å². The van der Waals surface area contributed by atoms with Gasteiger partial charge < -0.3 is 15.3 Å². The van der Waals surface area contributed by atoms with Crippen LogP contribution >= 0.6 is 0 Å². The topological polar surface area (TPSA) is 77.8 Å². The maximum absolute atomic E-state index is 12.2. The largest absolute Gasteiger partial charge is 0.361 e. The van der Waals surface area contributed by atoms with Gasteiger partial charge in [0, 0.05) is 35.1 Å². The summed E-state index contributed by atoms with van der Waals surface area (Å²) in [5, 5.41) is 3.86. The van der Waals surface area contributed by atoms with Crippen molar-refractivity contribution in [2.75, 3.05) is 0 Å². The lowest BCUT2D eigenvalue weighted by Gasteiger charge is -2.08. The van der Waals surface area contributed by atoms with E-state index in [1.807, 2.05) is 38.2 Å². The maximum Gasteiger partial charge on any atom is 0.253 e. The van der Waals surface area contributed by atoms with Crippen molar-refractivity contribution in [2.24, 2.45) is 0 Å². The van der Waals surface area contributed by atoms with Gasteiger partial charge in [-0.1, -0.05) is 6.07 Å². The highest BCUT2D eigenvalue weighted by Crippen LogP contribution is 2.14. The van der Waals surface area contributed by atoms with Crippen LogP contribution in [0.2, 0.25) is 0 Å². The Bertz CT molecular complexity index is 906. The number of H-pyrrole nitrogens is 2. The quantitative estimate of drug-likeness (QED) is 0.694. The van der Waals surface area contributed by atoms with Gasteiger partial charge in [0.15, 0.2) is 0 Å². The number of carbonyl (C=O) groups is 1.